The molecular weight excluding hydrogens is 559 g/mol. The predicted octanol–water partition coefficient (Wildman–Crippen LogP) is 3.11. The quantitative estimate of drug-likeness (QED) is 0.431. The van der Waals surface area contributed by atoms with Crippen LogP contribution in [0.5, 0.6) is 0 Å². The number of nitrogens with one attached hydrogen (secondary N) is 1. The van der Waals surface area contributed by atoms with E-state index < -0.39 is 45.5 Å². The number of nitrogens with two attached hydrogens (primary N) is 1. The number of aromatic nitrogens is 2. The lowest BCUT2D eigenvalue weighted by atomic mass is 10.1. The van der Waals surface area contributed by atoms with Gasteiger partial charge in [-0.05, 0) is 53.2 Å². The van der Waals surface area contributed by atoms with Crippen LogP contribution in [0.2, 0.25) is 5.02 Å². The molecule has 0 bridgehead atoms. The van der Waals surface area contributed by atoms with Crippen molar-refractivity contribution >= 4 is 67.6 Å². The molecule has 4 rings (SSSR count). The molecule has 16 heteroatoms. The fraction of sp³-hybridized carbons (Fsp3) is 0.143. The zero-order valence-corrected chi connectivity index (χ0v) is 20.7. The van der Waals surface area contributed by atoms with E-state index in [4.69, 9.17) is 16.7 Å². The molecule has 0 saturated carbocycles. The summed E-state index contributed by atoms with van der Waals surface area (Å²) in [5, 5.41) is 8.61. The average Bonchev–Trinajstić information content (AvgIpc) is 3.28. The van der Waals surface area contributed by atoms with Gasteiger partial charge in [0.05, 0.1) is 28.7 Å². The van der Waals surface area contributed by atoms with E-state index in [1.807, 2.05) is 0 Å². The highest BCUT2D eigenvalue weighted by molar-refractivity contribution is 8.18. The van der Waals surface area contributed by atoms with Crippen LogP contribution in [-0.2, 0) is 32.5 Å². The second-order valence-electron chi connectivity index (χ2n) is 7.76. The lowest BCUT2D eigenvalue weighted by Crippen LogP contribution is -2.44. The second-order valence-corrected chi connectivity index (χ2v) is 10.5. The molecule has 3 N–H and O–H groups in total. The molecule has 0 spiro atoms. The maximum atomic E-state index is 13.4. The van der Waals surface area contributed by atoms with Crippen LogP contribution in [0.4, 0.5) is 18.0 Å². The summed E-state index contributed by atoms with van der Waals surface area (Å²) in [5.41, 5.74) is 0.113. The number of halogens is 4. The van der Waals surface area contributed by atoms with Crippen molar-refractivity contribution in [3.63, 3.8) is 0 Å². The van der Waals surface area contributed by atoms with Crippen molar-refractivity contribution in [1.29, 1.82) is 0 Å². The number of nitrogens with zero attached hydrogens (tertiary/aromatic N) is 3. The molecule has 1 aliphatic heterocycles. The van der Waals surface area contributed by atoms with Crippen LogP contribution >= 0.6 is 23.4 Å². The van der Waals surface area contributed by atoms with Gasteiger partial charge in [0.15, 0.2) is 0 Å². The molecule has 0 aliphatic carbocycles. The Hall–Kier alpha value is -3.40. The predicted molar refractivity (Wildman–Crippen MR) is 129 cm³/mol. The average molecular weight is 574 g/mol. The van der Waals surface area contributed by atoms with E-state index in [0.717, 1.165) is 6.07 Å². The molecule has 1 saturated heterocycles. The van der Waals surface area contributed by atoms with Crippen molar-refractivity contribution in [2.45, 2.75) is 12.7 Å². The molecule has 2 aromatic carbocycles. The molecule has 37 heavy (non-hydrogen) atoms. The topological polar surface area (TPSA) is 144 Å². The van der Waals surface area contributed by atoms with Gasteiger partial charge >= 0.3 is 6.18 Å². The van der Waals surface area contributed by atoms with Crippen LogP contribution in [0, 0.1) is 0 Å². The summed E-state index contributed by atoms with van der Waals surface area (Å²) in [6.45, 7) is -1.01. The summed E-state index contributed by atoms with van der Waals surface area (Å²) in [5.74, 6) is -1.97. The second kappa shape index (κ2) is 9.81. The number of hydrogen-bond acceptors (Lipinski definition) is 7. The third-order valence-electron chi connectivity index (χ3n) is 5.09. The van der Waals surface area contributed by atoms with Gasteiger partial charge in [-0.15, -0.1) is 0 Å². The number of thioether (sulfide) groups is 1. The first-order valence-electron chi connectivity index (χ1n) is 10.1. The van der Waals surface area contributed by atoms with Gasteiger partial charge in [-0.2, -0.15) is 26.7 Å². The Balaban J connectivity index is 1.56. The number of benzene rings is 2. The highest BCUT2D eigenvalue weighted by Gasteiger charge is 2.37. The standard InChI is InChI=1S/C21H15ClF3N5O5S2/c22-14-3-2-12(15(7-14)21(23,24)25)9-30-16-4-1-11(5-13(16)8-27-30)6-17-19(32)29(20(33)36-17)10-18(31)28-37(26,34)35/h1-8H,9-10H2,(H,28,31)(H2,26,34,35). The molecule has 0 radical (unpaired) electrons. The van der Waals surface area contributed by atoms with E-state index in [1.54, 1.807) is 18.2 Å². The Morgan fingerprint density at radius 2 is 1.92 bits per heavy atom. The minimum absolute atomic E-state index is 0.0175. The Morgan fingerprint density at radius 3 is 2.59 bits per heavy atom. The van der Waals surface area contributed by atoms with E-state index >= 15 is 0 Å². The number of carbonyl (C=O) groups is 3. The number of amides is 3. The van der Waals surface area contributed by atoms with E-state index in [-0.39, 0.29) is 22.0 Å². The summed E-state index contributed by atoms with van der Waals surface area (Å²) in [4.78, 5) is 37.0. The van der Waals surface area contributed by atoms with Crippen LogP contribution < -0.4 is 9.86 Å². The van der Waals surface area contributed by atoms with Crippen LogP contribution in [-0.4, -0.2) is 46.7 Å². The first-order valence-corrected chi connectivity index (χ1v) is 12.9. The molecule has 1 aliphatic rings. The molecule has 2 heterocycles. The third-order valence-corrected chi connectivity index (χ3v) is 6.75. The first kappa shape index (κ1) is 26.7. The van der Waals surface area contributed by atoms with E-state index in [2.05, 4.69) is 5.10 Å². The number of carbonyl (C=O) groups excluding carboxylic acids is 3. The maximum Gasteiger partial charge on any atom is 0.416 e. The Bertz CT molecular complexity index is 1590. The van der Waals surface area contributed by atoms with Crippen molar-refractivity contribution in [3.05, 3.63) is 69.2 Å². The fourth-order valence-corrected chi connectivity index (χ4v) is 4.95. The number of imide groups is 1. The molecule has 1 fully saturated rings. The van der Waals surface area contributed by atoms with E-state index in [1.165, 1.54) is 33.8 Å². The van der Waals surface area contributed by atoms with Gasteiger partial charge in [-0.25, -0.2) is 9.86 Å². The van der Waals surface area contributed by atoms with Gasteiger partial charge in [-0.1, -0.05) is 23.7 Å². The smallest absolute Gasteiger partial charge is 0.272 e. The van der Waals surface area contributed by atoms with Crippen LogP contribution in [0.3, 0.4) is 0 Å². The number of hydrogen-bond donors (Lipinski definition) is 2. The Labute approximate surface area is 216 Å². The molecule has 0 unspecified atom stereocenters. The van der Waals surface area contributed by atoms with Crippen molar-refractivity contribution in [2.24, 2.45) is 5.14 Å². The normalized spacial score (nSPS) is 15.7. The van der Waals surface area contributed by atoms with Crippen LogP contribution in [0.1, 0.15) is 16.7 Å². The lowest BCUT2D eigenvalue weighted by Gasteiger charge is -2.14. The van der Waals surface area contributed by atoms with Gasteiger partial charge in [0, 0.05) is 10.4 Å². The van der Waals surface area contributed by atoms with Crippen LogP contribution in [0.25, 0.3) is 17.0 Å². The number of rotatable bonds is 6. The summed E-state index contributed by atoms with van der Waals surface area (Å²) in [7, 11) is -4.35. The first-order chi connectivity index (χ1) is 17.2. The molecule has 3 aromatic rings. The van der Waals surface area contributed by atoms with Gasteiger partial charge in [0.2, 0.25) is 0 Å². The van der Waals surface area contributed by atoms with Gasteiger partial charge in [0.25, 0.3) is 27.3 Å². The maximum absolute atomic E-state index is 13.4. The van der Waals surface area contributed by atoms with E-state index in [0.29, 0.717) is 33.1 Å². The van der Waals surface area contributed by atoms with Crippen molar-refractivity contribution < 1.29 is 36.0 Å². The van der Waals surface area contributed by atoms with Gasteiger partial charge < -0.3 is 0 Å². The van der Waals surface area contributed by atoms with Crippen molar-refractivity contribution in [3.8, 4) is 0 Å². The summed E-state index contributed by atoms with van der Waals surface area (Å²) >= 11 is 6.29. The fourth-order valence-electron chi connectivity index (χ4n) is 3.56. The monoisotopic (exact) mass is 573 g/mol. The molecular formula is C21H15ClF3N5O5S2. The lowest BCUT2D eigenvalue weighted by molar-refractivity contribution is -0.138. The van der Waals surface area contributed by atoms with Gasteiger partial charge in [-0.3, -0.25) is 24.0 Å². The number of fused-ring (bicyclic) bond motifs is 1. The SMILES string of the molecule is NS(=O)(=O)NC(=O)CN1C(=O)SC(=Cc2ccc3c(cnn3Cc3ccc(Cl)cc3C(F)(F)F)c2)C1=O. The van der Waals surface area contributed by atoms with Gasteiger partial charge in [0.1, 0.15) is 6.54 Å². The highest BCUT2D eigenvalue weighted by Crippen LogP contribution is 2.35. The largest absolute Gasteiger partial charge is 0.416 e. The molecule has 3 amide bonds. The van der Waals surface area contributed by atoms with Crippen molar-refractivity contribution in [1.82, 2.24) is 19.4 Å². The minimum atomic E-state index is -4.60. The molecule has 194 valence electrons. The number of alkyl halides is 3. The molecule has 10 nitrogen and oxygen atoms in total. The highest BCUT2D eigenvalue weighted by atomic mass is 35.5. The third kappa shape index (κ3) is 6.12. The minimum Gasteiger partial charge on any atom is -0.272 e. The molecule has 1 aromatic heterocycles. The Kier molecular flexibility index (Phi) is 7.07. The Morgan fingerprint density at radius 1 is 1.19 bits per heavy atom. The van der Waals surface area contributed by atoms with Crippen molar-refractivity contribution in [2.75, 3.05) is 6.54 Å². The van der Waals surface area contributed by atoms with E-state index in [9.17, 15) is 36.0 Å². The molecule has 0 atom stereocenters. The van der Waals surface area contributed by atoms with Crippen LogP contribution in [0.15, 0.2) is 47.5 Å². The summed E-state index contributed by atoms with van der Waals surface area (Å²) in [6, 6.07) is 8.29. The zero-order valence-electron chi connectivity index (χ0n) is 18.3. The summed E-state index contributed by atoms with van der Waals surface area (Å²) in [6.07, 6.45) is -1.77. The zero-order chi connectivity index (χ0) is 27.1. The summed E-state index contributed by atoms with van der Waals surface area (Å²) < 4.78 is 65.1.